The topological polar surface area (TPSA) is 38.3 Å². The maximum absolute atomic E-state index is 12.6. The first-order chi connectivity index (χ1) is 7.59. The highest BCUT2D eigenvalue weighted by Crippen LogP contribution is 2.02. The summed E-state index contributed by atoms with van der Waals surface area (Å²) in [4.78, 5) is 11.5. The van der Waals surface area contributed by atoms with E-state index in [9.17, 15) is 9.18 Å². The molecule has 0 saturated carbocycles. The first-order valence-corrected chi connectivity index (χ1v) is 5.25. The van der Waals surface area contributed by atoms with Crippen LogP contribution in [0.4, 0.5) is 4.39 Å². The second-order valence-electron chi connectivity index (χ2n) is 3.68. The van der Waals surface area contributed by atoms with Crippen LogP contribution in [0, 0.1) is 5.82 Å². The lowest BCUT2D eigenvalue weighted by Gasteiger charge is -2.08. The minimum absolute atomic E-state index is 0.155. The molecule has 1 rings (SSSR count). The number of rotatable bonds is 5. The Morgan fingerprint density at radius 3 is 2.56 bits per heavy atom. The average Bonchev–Trinajstić information content (AvgIpc) is 2.25. The Bertz CT molecular complexity index is 335. The normalized spacial score (nSPS) is 10.5. The summed E-state index contributed by atoms with van der Waals surface area (Å²) in [5, 5.41) is 2.69. The van der Waals surface area contributed by atoms with Gasteiger partial charge in [-0.3, -0.25) is 4.79 Å². The first kappa shape index (κ1) is 12.6. The molecule has 0 aromatic heterocycles. The van der Waals surface area contributed by atoms with E-state index in [1.54, 1.807) is 0 Å². The smallest absolute Gasteiger partial charge is 0.251 e. The molecule has 0 spiro atoms. The van der Waals surface area contributed by atoms with Gasteiger partial charge in [0.1, 0.15) is 5.82 Å². The SMILES string of the molecule is CC(C)OCCNC(=O)c1ccc(F)cc1. The van der Waals surface area contributed by atoms with Crippen molar-refractivity contribution < 1.29 is 13.9 Å². The molecule has 4 heteroatoms. The second kappa shape index (κ2) is 6.23. The number of carbonyl (C=O) groups is 1. The summed E-state index contributed by atoms with van der Waals surface area (Å²) in [6, 6.07) is 5.43. The van der Waals surface area contributed by atoms with Crippen molar-refractivity contribution in [1.29, 1.82) is 0 Å². The standard InChI is InChI=1S/C12H16FNO2/c1-9(2)16-8-7-14-12(15)10-3-5-11(13)6-4-10/h3-6,9H,7-8H2,1-2H3,(H,14,15). The van der Waals surface area contributed by atoms with Crippen LogP contribution in [0.2, 0.25) is 0 Å². The Morgan fingerprint density at radius 1 is 1.38 bits per heavy atom. The highest BCUT2D eigenvalue weighted by molar-refractivity contribution is 5.94. The van der Waals surface area contributed by atoms with Crippen LogP contribution in [0.1, 0.15) is 24.2 Å². The Morgan fingerprint density at radius 2 is 2.00 bits per heavy atom. The molecule has 0 bridgehead atoms. The summed E-state index contributed by atoms with van der Waals surface area (Å²) in [5.74, 6) is -0.563. The summed E-state index contributed by atoms with van der Waals surface area (Å²) < 4.78 is 17.9. The number of ether oxygens (including phenoxy) is 1. The third-order valence-electron chi connectivity index (χ3n) is 1.95. The molecule has 1 aromatic carbocycles. The third kappa shape index (κ3) is 4.40. The van der Waals surface area contributed by atoms with Gasteiger partial charge in [-0.2, -0.15) is 0 Å². The lowest BCUT2D eigenvalue weighted by Crippen LogP contribution is -2.28. The van der Waals surface area contributed by atoms with Crippen molar-refractivity contribution in [2.75, 3.05) is 13.2 Å². The molecule has 0 radical (unpaired) electrons. The molecule has 0 heterocycles. The zero-order chi connectivity index (χ0) is 12.0. The van der Waals surface area contributed by atoms with Crippen LogP contribution in [0.25, 0.3) is 0 Å². The van der Waals surface area contributed by atoms with Crippen LogP contribution >= 0.6 is 0 Å². The number of halogens is 1. The number of benzene rings is 1. The van der Waals surface area contributed by atoms with Gasteiger partial charge in [0.15, 0.2) is 0 Å². The lowest BCUT2D eigenvalue weighted by atomic mass is 10.2. The average molecular weight is 225 g/mol. The quantitative estimate of drug-likeness (QED) is 0.778. The summed E-state index contributed by atoms with van der Waals surface area (Å²) in [5.41, 5.74) is 0.450. The van der Waals surface area contributed by atoms with Gasteiger partial charge < -0.3 is 10.1 Å². The zero-order valence-electron chi connectivity index (χ0n) is 9.50. The third-order valence-corrected chi connectivity index (χ3v) is 1.95. The summed E-state index contributed by atoms with van der Waals surface area (Å²) >= 11 is 0. The molecule has 0 unspecified atom stereocenters. The van der Waals surface area contributed by atoms with Gasteiger partial charge in [-0.05, 0) is 38.1 Å². The van der Waals surface area contributed by atoms with E-state index in [1.807, 2.05) is 13.8 Å². The van der Waals surface area contributed by atoms with Crippen molar-refractivity contribution in [1.82, 2.24) is 5.32 Å². The highest BCUT2D eigenvalue weighted by Gasteiger charge is 2.04. The molecule has 0 aliphatic rings. The first-order valence-electron chi connectivity index (χ1n) is 5.25. The van der Waals surface area contributed by atoms with E-state index in [-0.39, 0.29) is 17.8 Å². The van der Waals surface area contributed by atoms with Gasteiger partial charge in [0, 0.05) is 12.1 Å². The molecular formula is C12H16FNO2. The minimum atomic E-state index is -0.348. The van der Waals surface area contributed by atoms with Crippen molar-refractivity contribution in [2.24, 2.45) is 0 Å². The monoisotopic (exact) mass is 225 g/mol. The fourth-order valence-electron chi connectivity index (χ4n) is 1.16. The van der Waals surface area contributed by atoms with Gasteiger partial charge in [0.25, 0.3) is 5.91 Å². The largest absolute Gasteiger partial charge is 0.377 e. The van der Waals surface area contributed by atoms with Gasteiger partial charge in [0.05, 0.1) is 12.7 Å². The molecule has 3 nitrogen and oxygen atoms in total. The van der Waals surface area contributed by atoms with E-state index in [0.717, 1.165) is 0 Å². The van der Waals surface area contributed by atoms with E-state index in [1.165, 1.54) is 24.3 Å². The number of nitrogens with one attached hydrogen (secondary N) is 1. The molecule has 0 atom stereocenters. The van der Waals surface area contributed by atoms with E-state index in [2.05, 4.69) is 5.32 Å². The molecule has 0 aliphatic heterocycles. The van der Waals surface area contributed by atoms with Crippen LogP contribution in [-0.2, 0) is 4.74 Å². The molecule has 0 aliphatic carbocycles. The predicted molar refractivity (Wildman–Crippen MR) is 59.8 cm³/mol. The van der Waals surface area contributed by atoms with Crippen molar-refractivity contribution >= 4 is 5.91 Å². The fraction of sp³-hybridized carbons (Fsp3) is 0.417. The van der Waals surface area contributed by atoms with Crippen LogP contribution in [0.3, 0.4) is 0 Å². The molecule has 0 fully saturated rings. The number of amides is 1. The van der Waals surface area contributed by atoms with Gasteiger partial charge in [-0.15, -0.1) is 0 Å². The molecule has 1 amide bonds. The lowest BCUT2D eigenvalue weighted by molar-refractivity contribution is 0.0746. The van der Waals surface area contributed by atoms with Gasteiger partial charge in [0.2, 0.25) is 0 Å². The van der Waals surface area contributed by atoms with Crippen LogP contribution in [0.5, 0.6) is 0 Å². The van der Waals surface area contributed by atoms with E-state index in [0.29, 0.717) is 18.7 Å². The van der Waals surface area contributed by atoms with E-state index >= 15 is 0 Å². The van der Waals surface area contributed by atoms with Crippen molar-refractivity contribution in [3.8, 4) is 0 Å². The molecular weight excluding hydrogens is 209 g/mol. The van der Waals surface area contributed by atoms with Crippen molar-refractivity contribution in [2.45, 2.75) is 20.0 Å². The van der Waals surface area contributed by atoms with Gasteiger partial charge in [-0.1, -0.05) is 0 Å². The maximum Gasteiger partial charge on any atom is 0.251 e. The Balaban J connectivity index is 2.32. The zero-order valence-corrected chi connectivity index (χ0v) is 9.50. The maximum atomic E-state index is 12.6. The molecule has 16 heavy (non-hydrogen) atoms. The van der Waals surface area contributed by atoms with Crippen molar-refractivity contribution in [3.63, 3.8) is 0 Å². The number of hydrogen-bond acceptors (Lipinski definition) is 2. The molecule has 1 N–H and O–H groups in total. The van der Waals surface area contributed by atoms with Crippen molar-refractivity contribution in [3.05, 3.63) is 35.6 Å². The van der Waals surface area contributed by atoms with Crippen LogP contribution < -0.4 is 5.32 Å². The highest BCUT2D eigenvalue weighted by atomic mass is 19.1. The predicted octanol–water partition coefficient (Wildman–Crippen LogP) is 1.98. The summed E-state index contributed by atoms with van der Waals surface area (Å²) in [6.45, 7) is 4.79. The Hall–Kier alpha value is -1.42. The minimum Gasteiger partial charge on any atom is -0.377 e. The number of carbonyl (C=O) groups excluding carboxylic acids is 1. The fourth-order valence-corrected chi connectivity index (χ4v) is 1.16. The van der Waals surface area contributed by atoms with Crippen LogP contribution in [-0.4, -0.2) is 25.2 Å². The Labute approximate surface area is 94.6 Å². The van der Waals surface area contributed by atoms with E-state index < -0.39 is 0 Å². The van der Waals surface area contributed by atoms with Gasteiger partial charge in [-0.25, -0.2) is 4.39 Å². The van der Waals surface area contributed by atoms with E-state index in [4.69, 9.17) is 4.74 Å². The molecule has 88 valence electrons. The second-order valence-corrected chi connectivity index (χ2v) is 3.68. The number of hydrogen-bond donors (Lipinski definition) is 1. The Kier molecular flexibility index (Phi) is 4.92. The summed E-state index contributed by atoms with van der Waals surface area (Å²) in [6.07, 6.45) is 0.155. The molecule has 0 saturated heterocycles. The summed E-state index contributed by atoms with van der Waals surface area (Å²) in [7, 11) is 0. The van der Waals surface area contributed by atoms with Crippen LogP contribution in [0.15, 0.2) is 24.3 Å². The molecule has 1 aromatic rings. The van der Waals surface area contributed by atoms with Gasteiger partial charge >= 0.3 is 0 Å².